The Morgan fingerprint density at radius 2 is 1.46 bits per heavy atom. The molecule has 192 valence electrons. The van der Waals surface area contributed by atoms with Crippen molar-refractivity contribution >= 4 is 19.4 Å². The van der Waals surface area contributed by atoms with Gasteiger partial charge in [0.1, 0.15) is 11.4 Å². The SMILES string of the molecule is COP(=O)(Cc1ccc(-c2ccc(-c3noc(C)c3NC(=O)OCCc3ccccc3)cc2)cc1)OC. The first kappa shape index (κ1) is 26.4. The van der Waals surface area contributed by atoms with Gasteiger partial charge in [-0.25, -0.2) is 4.79 Å². The highest BCUT2D eigenvalue weighted by Gasteiger charge is 2.21. The zero-order chi connectivity index (χ0) is 26.3. The molecular formula is C28H29N2O6P. The van der Waals surface area contributed by atoms with Gasteiger partial charge in [-0.15, -0.1) is 0 Å². The maximum Gasteiger partial charge on any atom is 0.411 e. The van der Waals surface area contributed by atoms with Crippen molar-refractivity contribution in [3.8, 4) is 22.4 Å². The summed E-state index contributed by atoms with van der Waals surface area (Å²) in [4.78, 5) is 12.4. The fraction of sp³-hybridized carbons (Fsp3) is 0.214. The molecule has 0 unspecified atom stereocenters. The number of amides is 1. The van der Waals surface area contributed by atoms with Gasteiger partial charge in [-0.3, -0.25) is 9.88 Å². The second-order valence-electron chi connectivity index (χ2n) is 8.37. The van der Waals surface area contributed by atoms with Crippen LogP contribution >= 0.6 is 7.60 Å². The van der Waals surface area contributed by atoms with E-state index < -0.39 is 13.7 Å². The summed E-state index contributed by atoms with van der Waals surface area (Å²) in [5.41, 5.74) is 5.73. The van der Waals surface area contributed by atoms with E-state index >= 15 is 0 Å². The van der Waals surface area contributed by atoms with Gasteiger partial charge in [-0.2, -0.15) is 0 Å². The van der Waals surface area contributed by atoms with Crippen LogP contribution in [0.2, 0.25) is 0 Å². The zero-order valence-corrected chi connectivity index (χ0v) is 21.9. The Labute approximate surface area is 216 Å². The summed E-state index contributed by atoms with van der Waals surface area (Å²) >= 11 is 0. The number of nitrogens with zero attached hydrogens (tertiary/aromatic N) is 1. The maximum absolute atomic E-state index is 12.4. The molecule has 1 N–H and O–H groups in total. The van der Waals surface area contributed by atoms with E-state index in [2.05, 4.69) is 10.5 Å². The predicted molar refractivity (Wildman–Crippen MR) is 143 cm³/mol. The average molecular weight is 521 g/mol. The standard InChI is InChI=1S/C28H29N2O6P/c1-20-26(29-28(31)35-18-17-21-7-5-4-6-8-21)27(30-36-20)25-15-13-24(14-16-25)23-11-9-22(10-12-23)19-37(32,33-2)34-3/h4-16H,17-19H2,1-3H3,(H,29,31). The van der Waals surface area contributed by atoms with E-state index in [0.29, 0.717) is 23.6 Å². The van der Waals surface area contributed by atoms with Crippen LogP contribution in [0.15, 0.2) is 83.4 Å². The number of ether oxygens (including phenoxy) is 1. The largest absolute Gasteiger partial charge is 0.449 e. The Balaban J connectivity index is 1.41. The van der Waals surface area contributed by atoms with Crippen molar-refractivity contribution < 1.29 is 27.7 Å². The summed E-state index contributed by atoms with van der Waals surface area (Å²) in [7, 11) is -0.356. The molecule has 4 rings (SSSR count). The van der Waals surface area contributed by atoms with E-state index in [1.54, 1.807) is 6.92 Å². The monoisotopic (exact) mass is 520 g/mol. The van der Waals surface area contributed by atoms with Gasteiger partial charge in [0, 0.05) is 26.2 Å². The van der Waals surface area contributed by atoms with E-state index in [4.69, 9.17) is 18.3 Å². The van der Waals surface area contributed by atoms with Gasteiger partial charge in [0.25, 0.3) is 0 Å². The molecule has 1 heterocycles. The summed E-state index contributed by atoms with van der Waals surface area (Å²) in [6, 6.07) is 25.3. The van der Waals surface area contributed by atoms with Gasteiger partial charge in [0.2, 0.25) is 0 Å². The van der Waals surface area contributed by atoms with Crippen LogP contribution in [-0.4, -0.2) is 32.1 Å². The fourth-order valence-electron chi connectivity index (χ4n) is 3.81. The smallest absolute Gasteiger partial charge is 0.411 e. The number of nitrogens with one attached hydrogen (secondary N) is 1. The van der Waals surface area contributed by atoms with Crippen LogP contribution < -0.4 is 5.32 Å². The molecule has 1 aromatic heterocycles. The van der Waals surface area contributed by atoms with Gasteiger partial charge in [-0.05, 0) is 29.2 Å². The number of carbonyl (C=O) groups excluding carboxylic acids is 1. The number of aromatic nitrogens is 1. The number of anilines is 1. The van der Waals surface area contributed by atoms with E-state index in [1.807, 2.05) is 78.9 Å². The molecule has 0 fully saturated rings. The maximum atomic E-state index is 12.4. The Morgan fingerprint density at radius 1 is 0.865 bits per heavy atom. The number of hydrogen-bond acceptors (Lipinski definition) is 7. The second-order valence-corrected chi connectivity index (χ2v) is 10.6. The first-order chi connectivity index (χ1) is 17.9. The summed E-state index contributed by atoms with van der Waals surface area (Å²) < 4.78 is 33.1. The third kappa shape index (κ3) is 6.74. The van der Waals surface area contributed by atoms with E-state index in [0.717, 1.165) is 27.8 Å². The molecule has 3 aromatic carbocycles. The quantitative estimate of drug-likeness (QED) is 0.223. The Kier molecular flexibility index (Phi) is 8.56. The molecule has 9 heteroatoms. The third-order valence-electron chi connectivity index (χ3n) is 5.93. The molecule has 0 bridgehead atoms. The molecule has 1 amide bonds. The van der Waals surface area contributed by atoms with E-state index in [-0.39, 0.29) is 12.8 Å². The Bertz CT molecular complexity index is 1360. The molecule has 0 radical (unpaired) electrons. The van der Waals surface area contributed by atoms with E-state index in [1.165, 1.54) is 14.2 Å². The van der Waals surface area contributed by atoms with Crippen molar-refractivity contribution in [2.75, 3.05) is 26.1 Å². The third-order valence-corrected chi connectivity index (χ3v) is 7.80. The first-order valence-electron chi connectivity index (χ1n) is 11.7. The van der Waals surface area contributed by atoms with Crippen molar-refractivity contribution in [3.05, 3.63) is 95.7 Å². The minimum Gasteiger partial charge on any atom is -0.449 e. The number of benzene rings is 3. The molecular weight excluding hydrogens is 491 g/mol. The summed E-state index contributed by atoms with van der Waals surface area (Å²) in [5.74, 6) is 0.485. The number of hydrogen-bond donors (Lipinski definition) is 1. The average Bonchev–Trinajstić information content (AvgIpc) is 3.29. The highest BCUT2D eigenvalue weighted by Crippen LogP contribution is 2.49. The fourth-order valence-corrected chi connectivity index (χ4v) is 4.88. The predicted octanol–water partition coefficient (Wildman–Crippen LogP) is 7.09. The second kappa shape index (κ2) is 12.0. The van der Waals surface area contributed by atoms with Crippen molar-refractivity contribution in [2.45, 2.75) is 19.5 Å². The molecule has 0 spiro atoms. The number of carbonyl (C=O) groups is 1. The lowest BCUT2D eigenvalue weighted by Crippen LogP contribution is -2.16. The van der Waals surface area contributed by atoms with Crippen LogP contribution in [0, 0.1) is 6.92 Å². The topological polar surface area (TPSA) is 99.9 Å². The van der Waals surface area contributed by atoms with Crippen LogP contribution in [0.1, 0.15) is 16.9 Å². The van der Waals surface area contributed by atoms with Crippen molar-refractivity contribution in [1.29, 1.82) is 0 Å². The van der Waals surface area contributed by atoms with Crippen LogP contribution in [0.3, 0.4) is 0 Å². The van der Waals surface area contributed by atoms with Gasteiger partial charge in [0.05, 0.1) is 12.8 Å². The van der Waals surface area contributed by atoms with Crippen LogP contribution in [-0.2, 0) is 30.9 Å². The van der Waals surface area contributed by atoms with Crippen molar-refractivity contribution in [3.63, 3.8) is 0 Å². The summed E-state index contributed by atoms with van der Waals surface area (Å²) in [6.45, 7) is 2.00. The summed E-state index contributed by atoms with van der Waals surface area (Å²) in [6.07, 6.45) is 0.270. The van der Waals surface area contributed by atoms with Gasteiger partial charge in [-0.1, -0.05) is 84.0 Å². The molecule has 0 aliphatic rings. The van der Waals surface area contributed by atoms with Crippen LogP contribution in [0.4, 0.5) is 10.5 Å². The molecule has 4 aromatic rings. The molecule has 0 aliphatic carbocycles. The normalized spacial score (nSPS) is 11.3. The Morgan fingerprint density at radius 3 is 2.08 bits per heavy atom. The highest BCUT2D eigenvalue weighted by atomic mass is 31.2. The van der Waals surface area contributed by atoms with Gasteiger partial charge in [0.15, 0.2) is 5.76 Å². The number of aryl methyl sites for hydroxylation is 1. The van der Waals surface area contributed by atoms with Crippen LogP contribution in [0.25, 0.3) is 22.4 Å². The highest BCUT2D eigenvalue weighted by molar-refractivity contribution is 7.52. The first-order valence-corrected chi connectivity index (χ1v) is 13.5. The number of rotatable bonds is 10. The van der Waals surface area contributed by atoms with Crippen molar-refractivity contribution in [1.82, 2.24) is 5.16 Å². The lowest BCUT2D eigenvalue weighted by Gasteiger charge is -2.13. The lowest BCUT2D eigenvalue weighted by molar-refractivity contribution is 0.163. The Hall–Kier alpha value is -3.71. The molecule has 0 saturated heterocycles. The minimum absolute atomic E-state index is 0.204. The molecule has 0 saturated carbocycles. The van der Waals surface area contributed by atoms with Crippen molar-refractivity contribution in [2.24, 2.45) is 0 Å². The lowest BCUT2D eigenvalue weighted by atomic mass is 10.0. The molecule has 8 nitrogen and oxygen atoms in total. The van der Waals surface area contributed by atoms with E-state index in [9.17, 15) is 9.36 Å². The molecule has 0 atom stereocenters. The van der Waals surface area contributed by atoms with Gasteiger partial charge >= 0.3 is 13.7 Å². The zero-order valence-electron chi connectivity index (χ0n) is 21.0. The van der Waals surface area contributed by atoms with Gasteiger partial charge < -0.3 is 18.3 Å². The van der Waals surface area contributed by atoms with Crippen LogP contribution in [0.5, 0.6) is 0 Å². The molecule has 37 heavy (non-hydrogen) atoms. The summed E-state index contributed by atoms with van der Waals surface area (Å²) in [5, 5.41) is 6.90. The minimum atomic E-state index is -3.12. The molecule has 0 aliphatic heterocycles.